The third-order valence-corrected chi connectivity index (χ3v) is 18.7. The summed E-state index contributed by atoms with van der Waals surface area (Å²) in [5.41, 5.74) is 4.51. The molecule has 0 radical (unpaired) electrons. The Balaban J connectivity index is 0.839. The van der Waals surface area contributed by atoms with Gasteiger partial charge in [0.2, 0.25) is 0 Å². The average molecular weight is 1050 g/mol. The number of pyridine rings is 1. The highest BCUT2D eigenvalue weighted by atomic mass is 32.2. The minimum atomic E-state index is -4.70. The van der Waals surface area contributed by atoms with Gasteiger partial charge >= 0.3 is 0 Å². The molecule has 400 valence electrons. The van der Waals surface area contributed by atoms with Gasteiger partial charge in [0.05, 0.1) is 34.6 Å². The number of rotatable bonds is 15. The number of aromatic nitrogens is 2. The van der Waals surface area contributed by atoms with Crippen LogP contribution in [0.3, 0.4) is 0 Å². The first-order chi connectivity index (χ1) is 36.1. The number of hydrogen-bond acceptors (Lipinski definition) is 14. The lowest BCUT2D eigenvalue weighted by Gasteiger charge is -2.56. The number of fused-ring (bicyclic) bond motifs is 2. The summed E-state index contributed by atoms with van der Waals surface area (Å²) in [7, 11) is -4.70. The highest BCUT2D eigenvalue weighted by Gasteiger charge is 2.50. The van der Waals surface area contributed by atoms with E-state index < -0.39 is 31.4 Å². The number of piperidine rings is 1. The first-order valence-corrected chi connectivity index (χ1v) is 28.7. The number of carbonyl (C=O) groups is 1. The number of hydrogen-bond donors (Lipinski definition) is 3. The van der Waals surface area contributed by atoms with E-state index in [0.29, 0.717) is 50.0 Å². The molecule has 3 saturated heterocycles. The number of nitro groups is 1. The van der Waals surface area contributed by atoms with Crippen LogP contribution in [0.25, 0.3) is 11.0 Å². The fourth-order valence-corrected chi connectivity index (χ4v) is 13.9. The van der Waals surface area contributed by atoms with Gasteiger partial charge in [0.1, 0.15) is 24.6 Å². The molecule has 2 aromatic heterocycles. The molecule has 0 unspecified atom stereocenters. The van der Waals surface area contributed by atoms with Crippen LogP contribution < -0.4 is 29.1 Å². The van der Waals surface area contributed by atoms with Gasteiger partial charge in [-0.2, -0.15) is 4.98 Å². The van der Waals surface area contributed by atoms with Crippen LogP contribution in [-0.4, -0.2) is 117 Å². The number of ether oxygens (including phenoxy) is 4. The van der Waals surface area contributed by atoms with Crippen molar-refractivity contribution in [2.24, 2.45) is 16.7 Å². The zero-order valence-corrected chi connectivity index (χ0v) is 44.6. The number of anilines is 2. The Kier molecular flexibility index (Phi) is 14.2. The van der Waals surface area contributed by atoms with Crippen LogP contribution in [0.15, 0.2) is 77.8 Å². The predicted octanol–water partition coefficient (Wildman–Crippen LogP) is 10.2. The van der Waals surface area contributed by atoms with Crippen molar-refractivity contribution in [2.45, 2.75) is 121 Å². The van der Waals surface area contributed by atoms with E-state index >= 15 is 0 Å². The van der Waals surface area contributed by atoms with Gasteiger partial charge in [0.15, 0.2) is 17.2 Å². The van der Waals surface area contributed by atoms with E-state index in [9.17, 15) is 23.3 Å². The standard InChI is InChI=1S/C57H72N8O9S/c1-37(2)43-8-5-6-9-44(43)47-10-7-21-64(47)41-34-57(35-41)18-22-63(23-19-57)40-11-12-45(49(31-40)74-51-30-39-15-20-58-53(39)60-55(51)72-29-26-62-24-27-71-28-25-62)54(66)61-75(69,70)42-32-48(65(67)68)52-50(33-42)73-36-46(59-52)38-13-16-56(3,4)17-14-38/h5-6,8-9,11-12,15,20,30-33,37-38,41,46-47,59H,7,10,13-14,16-19,21-29,34-36H2,1-4H3,(H,58,60)(H,61,66)/t46-,47+/m1/s1. The van der Waals surface area contributed by atoms with E-state index in [1.54, 1.807) is 24.4 Å². The Labute approximate surface area is 440 Å². The van der Waals surface area contributed by atoms with Crippen molar-refractivity contribution in [3.63, 3.8) is 0 Å². The molecule has 4 aliphatic heterocycles. The van der Waals surface area contributed by atoms with Crippen molar-refractivity contribution in [1.82, 2.24) is 24.5 Å². The lowest BCUT2D eigenvalue weighted by atomic mass is 9.59. The molecular formula is C57H72N8O9S. The summed E-state index contributed by atoms with van der Waals surface area (Å²) in [6, 6.07) is 20.9. The zero-order valence-electron chi connectivity index (χ0n) is 43.8. The molecule has 3 aromatic carbocycles. The second-order valence-electron chi connectivity index (χ2n) is 23.1. The fraction of sp³-hybridized carbons (Fsp3) is 0.544. The molecule has 0 bridgehead atoms. The number of aromatic amines is 1. The number of nitrogens with zero attached hydrogens (tertiary/aromatic N) is 5. The molecule has 75 heavy (non-hydrogen) atoms. The van der Waals surface area contributed by atoms with Crippen molar-refractivity contribution < 1.29 is 37.1 Å². The van der Waals surface area contributed by atoms with Crippen LogP contribution in [0.1, 0.15) is 125 Å². The number of amides is 1. The molecule has 17 nitrogen and oxygen atoms in total. The number of sulfonamides is 1. The smallest absolute Gasteiger partial charge is 0.297 e. The largest absolute Gasteiger partial charge is 0.489 e. The lowest BCUT2D eigenvalue weighted by Crippen LogP contribution is -2.54. The number of nitro benzene ring substituents is 1. The first-order valence-electron chi connectivity index (χ1n) is 27.2. The molecule has 2 saturated carbocycles. The first kappa shape index (κ1) is 51.2. The Morgan fingerprint density at radius 3 is 2.48 bits per heavy atom. The highest BCUT2D eigenvalue weighted by Crippen LogP contribution is 2.55. The van der Waals surface area contributed by atoms with Crippen LogP contribution in [0.2, 0.25) is 0 Å². The summed E-state index contributed by atoms with van der Waals surface area (Å²) >= 11 is 0. The second kappa shape index (κ2) is 20.9. The molecule has 18 heteroatoms. The molecular weight excluding hydrogens is 973 g/mol. The molecule has 6 aliphatic rings. The van der Waals surface area contributed by atoms with Gasteiger partial charge < -0.3 is 34.1 Å². The molecule has 1 amide bonds. The van der Waals surface area contributed by atoms with Gasteiger partial charge in [0.25, 0.3) is 27.5 Å². The van der Waals surface area contributed by atoms with E-state index in [1.807, 2.05) is 12.1 Å². The van der Waals surface area contributed by atoms with E-state index in [4.69, 9.17) is 23.9 Å². The number of likely N-dealkylation sites (tertiary alicyclic amines) is 1. The minimum Gasteiger partial charge on any atom is -0.489 e. The molecule has 5 fully saturated rings. The van der Waals surface area contributed by atoms with E-state index in [-0.39, 0.29) is 63.8 Å². The molecule has 2 aliphatic carbocycles. The van der Waals surface area contributed by atoms with Crippen LogP contribution in [0.5, 0.6) is 23.1 Å². The molecule has 6 heterocycles. The van der Waals surface area contributed by atoms with E-state index in [2.05, 4.69) is 81.7 Å². The summed E-state index contributed by atoms with van der Waals surface area (Å²) in [6.45, 7) is 15.9. The Morgan fingerprint density at radius 2 is 1.72 bits per heavy atom. The molecule has 2 atom stereocenters. The SMILES string of the molecule is CC(C)c1ccccc1[C@@H]1CCCN1C1CC2(CCN(c3ccc(C(=O)NS(=O)(=O)c4cc5c(c([N+](=O)[O-])c4)N[C@@H](C4CCC(C)(C)CC4)CO5)c(Oc4cc5cc[nH]c5nc4OCCN4CCOCC4)c3)CC2)C1. The maximum atomic E-state index is 14.5. The quantitative estimate of drug-likeness (QED) is 0.0662. The number of nitrogens with one attached hydrogen (secondary N) is 3. The third kappa shape index (κ3) is 10.8. The monoisotopic (exact) mass is 1040 g/mol. The van der Waals surface area contributed by atoms with Crippen LogP contribution in [-0.2, 0) is 14.8 Å². The second-order valence-corrected chi connectivity index (χ2v) is 24.8. The van der Waals surface area contributed by atoms with Crippen molar-refractivity contribution in [1.29, 1.82) is 0 Å². The summed E-state index contributed by atoms with van der Waals surface area (Å²) in [6.07, 6.45) is 12.6. The van der Waals surface area contributed by atoms with Gasteiger partial charge in [-0.15, -0.1) is 0 Å². The molecule has 11 rings (SSSR count). The van der Waals surface area contributed by atoms with Crippen LogP contribution >= 0.6 is 0 Å². The summed E-state index contributed by atoms with van der Waals surface area (Å²) in [4.78, 5) is 41.3. The Morgan fingerprint density at radius 1 is 0.947 bits per heavy atom. The van der Waals surface area contributed by atoms with Crippen molar-refractivity contribution in [3.8, 4) is 23.1 Å². The van der Waals surface area contributed by atoms with Gasteiger partial charge in [-0.25, -0.2) is 13.1 Å². The predicted molar refractivity (Wildman–Crippen MR) is 288 cm³/mol. The average Bonchev–Trinajstić information content (AvgIpc) is 4.08. The van der Waals surface area contributed by atoms with E-state index in [0.717, 1.165) is 88.4 Å². The summed E-state index contributed by atoms with van der Waals surface area (Å²) < 4.78 is 55.4. The Bertz CT molecular complexity index is 3020. The van der Waals surface area contributed by atoms with Crippen LogP contribution in [0.4, 0.5) is 17.1 Å². The van der Waals surface area contributed by atoms with Gasteiger partial charge in [-0.05, 0) is 129 Å². The molecule has 5 aromatic rings. The van der Waals surface area contributed by atoms with Crippen molar-refractivity contribution >= 4 is 44.0 Å². The van der Waals surface area contributed by atoms with Crippen molar-refractivity contribution in [2.75, 3.05) is 75.9 Å². The maximum absolute atomic E-state index is 14.5. The number of benzene rings is 3. The number of carbonyl (C=O) groups excluding carboxylic acids is 1. The number of morpholine rings is 1. The molecule has 1 spiro atoms. The van der Waals surface area contributed by atoms with Gasteiger partial charge in [-0.1, -0.05) is 52.0 Å². The summed E-state index contributed by atoms with van der Waals surface area (Å²) in [5, 5.41) is 16.7. The number of H-pyrrole nitrogens is 1. The third-order valence-electron chi connectivity index (χ3n) is 17.4. The molecule has 3 N–H and O–H groups in total. The van der Waals surface area contributed by atoms with Gasteiger partial charge in [-0.3, -0.25) is 24.7 Å². The minimum absolute atomic E-state index is 0.0416. The lowest BCUT2D eigenvalue weighted by molar-refractivity contribution is -0.384. The van der Waals surface area contributed by atoms with Crippen molar-refractivity contribution in [3.05, 3.63) is 99.7 Å². The van der Waals surface area contributed by atoms with E-state index in [1.165, 1.54) is 42.9 Å². The fourth-order valence-electron chi connectivity index (χ4n) is 12.9. The normalized spacial score (nSPS) is 22.3. The maximum Gasteiger partial charge on any atom is 0.297 e. The zero-order chi connectivity index (χ0) is 52.1. The topological polar surface area (TPSA) is 194 Å². The highest BCUT2D eigenvalue weighted by molar-refractivity contribution is 7.90. The summed E-state index contributed by atoms with van der Waals surface area (Å²) in [5.74, 6) is 0.356. The van der Waals surface area contributed by atoms with Gasteiger partial charge in [0, 0.05) is 80.3 Å². The Hall–Kier alpha value is -5.95. The van der Waals surface area contributed by atoms with Crippen LogP contribution in [0, 0.1) is 26.9 Å².